The Bertz CT molecular complexity index is 1880. The summed E-state index contributed by atoms with van der Waals surface area (Å²) in [7, 11) is 1.57. The molecule has 1 aliphatic rings. The Morgan fingerprint density at radius 3 is 2.51 bits per heavy atom. The number of halogens is 2. The smallest absolute Gasteiger partial charge is 0.271 e. The third kappa shape index (κ3) is 6.14. The van der Waals surface area contributed by atoms with Crippen LogP contribution in [0.25, 0.3) is 6.08 Å². The predicted octanol–water partition coefficient (Wildman–Crippen LogP) is 5.48. The molecule has 0 aliphatic carbocycles. The maximum absolute atomic E-state index is 14.2. The van der Waals surface area contributed by atoms with Gasteiger partial charge in [-0.2, -0.15) is 0 Å². The van der Waals surface area contributed by atoms with Crippen molar-refractivity contribution in [3.05, 3.63) is 125 Å². The molecule has 1 amide bonds. The van der Waals surface area contributed by atoms with Crippen LogP contribution in [0.1, 0.15) is 43.5 Å². The number of hydrogen-bond donors (Lipinski definition) is 0. The third-order valence-corrected chi connectivity index (χ3v) is 8.52. The number of carbonyl (C=O) groups is 1. The van der Waals surface area contributed by atoms with Gasteiger partial charge in [-0.3, -0.25) is 14.2 Å². The van der Waals surface area contributed by atoms with Crippen LogP contribution in [0.2, 0.25) is 5.02 Å². The van der Waals surface area contributed by atoms with Gasteiger partial charge < -0.3 is 14.4 Å². The monoisotopic (exact) mass is 619 g/mol. The topological polar surface area (TPSA) is 73.1 Å². The summed E-state index contributed by atoms with van der Waals surface area (Å²) in [6.45, 7) is 6.88. The fourth-order valence-corrected chi connectivity index (χ4v) is 6.33. The second-order valence-corrected chi connectivity index (χ2v) is 11.3. The molecule has 0 fully saturated rings. The Labute approximate surface area is 257 Å². The van der Waals surface area contributed by atoms with Crippen LogP contribution in [0.15, 0.2) is 87.8 Å². The van der Waals surface area contributed by atoms with E-state index in [0.717, 1.165) is 5.56 Å². The van der Waals surface area contributed by atoms with Gasteiger partial charge >= 0.3 is 0 Å². The molecule has 10 heteroatoms. The SMILES string of the molecule is CCN(CC)C(=O)C1=C(C)N=c2s/c(=C/c3cc(Cl)ccc3OCc3ccc(F)cc3)c(=O)n2[C@H]1c1ccccc1OC. The number of likely N-dealkylation sites (N-methyl/N-ethyl adjacent to an activating group) is 1. The second kappa shape index (κ2) is 13.0. The van der Waals surface area contributed by atoms with Crippen molar-refractivity contribution in [2.45, 2.75) is 33.4 Å². The second-order valence-electron chi connectivity index (χ2n) is 9.90. The van der Waals surface area contributed by atoms with Crippen LogP contribution >= 0.6 is 22.9 Å². The minimum atomic E-state index is -0.740. The number of methoxy groups -OCH3 is 1. The first-order chi connectivity index (χ1) is 20.7. The van der Waals surface area contributed by atoms with Crippen LogP contribution in [-0.4, -0.2) is 35.6 Å². The summed E-state index contributed by atoms with van der Waals surface area (Å²) in [5.41, 5.74) is 2.75. The van der Waals surface area contributed by atoms with E-state index in [2.05, 4.69) is 0 Å². The van der Waals surface area contributed by atoms with Gasteiger partial charge in [-0.1, -0.05) is 53.3 Å². The summed E-state index contributed by atoms with van der Waals surface area (Å²) in [6.07, 6.45) is 1.72. The number of aromatic nitrogens is 1. The van der Waals surface area contributed by atoms with Gasteiger partial charge in [-0.05, 0) is 68.8 Å². The lowest BCUT2D eigenvalue weighted by atomic mass is 9.94. The first-order valence-corrected chi connectivity index (χ1v) is 15.1. The van der Waals surface area contributed by atoms with Crippen molar-refractivity contribution in [3.8, 4) is 11.5 Å². The molecule has 5 rings (SSSR count). The Balaban J connectivity index is 1.65. The number of benzene rings is 3. The normalized spacial score (nSPS) is 14.7. The van der Waals surface area contributed by atoms with E-state index in [1.807, 2.05) is 38.1 Å². The number of allylic oxidation sites excluding steroid dienone is 1. The maximum Gasteiger partial charge on any atom is 0.271 e. The third-order valence-electron chi connectivity index (χ3n) is 7.30. The van der Waals surface area contributed by atoms with E-state index in [9.17, 15) is 14.0 Å². The molecule has 0 spiro atoms. The zero-order chi connectivity index (χ0) is 30.7. The van der Waals surface area contributed by atoms with E-state index in [1.54, 1.807) is 59.9 Å². The first kappa shape index (κ1) is 30.3. The highest BCUT2D eigenvalue weighted by atomic mass is 35.5. The van der Waals surface area contributed by atoms with Gasteiger partial charge in [0.15, 0.2) is 4.80 Å². The zero-order valence-corrected chi connectivity index (χ0v) is 25.8. The molecule has 1 atom stereocenters. The fraction of sp³-hybridized carbons (Fsp3) is 0.242. The van der Waals surface area contributed by atoms with Crippen molar-refractivity contribution in [1.29, 1.82) is 0 Å². The van der Waals surface area contributed by atoms with Crippen molar-refractivity contribution in [2.24, 2.45) is 4.99 Å². The highest BCUT2D eigenvalue weighted by molar-refractivity contribution is 7.07. The molecule has 0 bridgehead atoms. The lowest BCUT2D eigenvalue weighted by molar-refractivity contribution is -0.127. The van der Waals surface area contributed by atoms with E-state index in [4.69, 9.17) is 26.1 Å². The van der Waals surface area contributed by atoms with Gasteiger partial charge in [0, 0.05) is 29.2 Å². The summed E-state index contributed by atoms with van der Waals surface area (Å²) >= 11 is 7.57. The highest BCUT2D eigenvalue weighted by Gasteiger charge is 2.35. The predicted molar refractivity (Wildman–Crippen MR) is 167 cm³/mol. The van der Waals surface area contributed by atoms with E-state index in [-0.39, 0.29) is 23.9 Å². The quantitative estimate of drug-likeness (QED) is 0.249. The van der Waals surface area contributed by atoms with Crippen LogP contribution in [0, 0.1) is 5.82 Å². The molecule has 7 nitrogen and oxygen atoms in total. The molecule has 0 unspecified atom stereocenters. The van der Waals surface area contributed by atoms with Gasteiger partial charge in [-0.15, -0.1) is 0 Å². The van der Waals surface area contributed by atoms with Crippen molar-refractivity contribution >= 4 is 34.9 Å². The van der Waals surface area contributed by atoms with Crippen LogP contribution in [0.5, 0.6) is 11.5 Å². The van der Waals surface area contributed by atoms with E-state index >= 15 is 0 Å². The molecule has 43 heavy (non-hydrogen) atoms. The average molecular weight is 620 g/mol. The number of thiazole rings is 1. The minimum absolute atomic E-state index is 0.178. The number of rotatable bonds is 9. The van der Waals surface area contributed by atoms with Crippen LogP contribution < -0.4 is 24.4 Å². The minimum Gasteiger partial charge on any atom is -0.496 e. The molecular formula is C33H31ClFN3O4S. The molecular weight excluding hydrogens is 589 g/mol. The lowest BCUT2D eigenvalue weighted by Crippen LogP contribution is -2.43. The molecule has 0 saturated carbocycles. The summed E-state index contributed by atoms with van der Waals surface area (Å²) < 4.78 is 27.1. The molecule has 222 valence electrons. The summed E-state index contributed by atoms with van der Waals surface area (Å²) in [5.74, 6) is 0.569. The van der Waals surface area contributed by atoms with Crippen molar-refractivity contribution in [2.75, 3.05) is 20.2 Å². The Morgan fingerprint density at radius 1 is 1.09 bits per heavy atom. The van der Waals surface area contributed by atoms with Crippen LogP contribution in [0.3, 0.4) is 0 Å². The van der Waals surface area contributed by atoms with Gasteiger partial charge in [0.2, 0.25) is 0 Å². The molecule has 4 aromatic rings. The van der Waals surface area contributed by atoms with Gasteiger partial charge in [-0.25, -0.2) is 9.38 Å². The van der Waals surface area contributed by atoms with Crippen molar-refractivity contribution < 1.29 is 18.7 Å². The number of nitrogens with zero attached hydrogens (tertiary/aromatic N) is 3. The number of ether oxygens (including phenoxy) is 2. The molecule has 0 radical (unpaired) electrons. The van der Waals surface area contributed by atoms with E-state index < -0.39 is 6.04 Å². The number of para-hydroxylation sites is 1. The Morgan fingerprint density at radius 2 is 1.81 bits per heavy atom. The Hall–Kier alpha value is -4.21. The number of carbonyl (C=O) groups excluding carboxylic acids is 1. The summed E-state index contributed by atoms with van der Waals surface area (Å²) in [5, 5.41) is 0.475. The largest absolute Gasteiger partial charge is 0.496 e. The molecule has 1 aromatic heterocycles. The van der Waals surface area contributed by atoms with E-state index in [1.165, 1.54) is 23.5 Å². The average Bonchev–Trinajstić information content (AvgIpc) is 3.31. The fourth-order valence-electron chi connectivity index (χ4n) is 5.11. The van der Waals surface area contributed by atoms with Crippen LogP contribution in [-0.2, 0) is 11.4 Å². The lowest BCUT2D eigenvalue weighted by Gasteiger charge is -2.29. The molecule has 0 N–H and O–H groups in total. The number of fused-ring (bicyclic) bond motifs is 1. The van der Waals surface area contributed by atoms with Gasteiger partial charge in [0.25, 0.3) is 11.5 Å². The highest BCUT2D eigenvalue weighted by Crippen LogP contribution is 2.36. The first-order valence-electron chi connectivity index (χ1n) is 13.9. The molecule has 3 aromatic carbocycles. The standard InChI is InChI=1S/C33H31ClFN3O4S/c1-5-37(6-2)32(40)29-20(3)36-33-38(30(29)25-9-7-8-10-27(25)41-4)31(39)28(43-33)18-22-17-23(34)13-16-26(22)42-19-21-11-14-24(35)15-12-21/h7-18,30H,5-6,19H2,1-4H3/b28-18+/t30-/m0/s1. The maximum atomic E-state index is 14.2. The molecule has 0 saturated heterocycles. The Kier molecular flexibility index (Phi) is 9.13. The van der Waals surface area contributed by atoms with Gasteiger partial charge in [0.1, 0.15) is 30.0 Å². The zero-order valence-electron chi connectivity index (χ0n) is 24.3. The van der Waals surface area contributed by atoms with Crippen molar-refractivity contribution in [1.82, 2.24) is 9.47 Å². The number of amides is 1. The van der Waals surface area contributed by atoms with Crippen LogP contribution in [0.4, 0.5) is 4.39 Å². The van der Waals surface area contributed by atoms with Crippen molar-refractivity contribution in [3.63, 3.8) is 0 Å². The molecule has 2 heterocycles. The summed E-state index contributed by atoms with van der Waals surface area (Å²) in [4.78, 5) is 35.0. The number of hydrogen-bond acceptors (Lipinski definition) is 6. The molecule has 1 aliphatic heterocycles. The summed E-state index contributed by atoms with van der Waals surface area (Å²) in [6, 6.07) is 17.9. The van der Waals surface area contributed by atoms with E-state index in [0.29, 0.717) is 61.3 Å². The van der Waals surface area contributed by atoms with Gasteiger partial charge in [0.05, 0.1) is 22.9 Å².